The van der Waals surface area contributed by atoms with E-state index in [2.05, 4.69) is 4.99 Å². The summed E-state index contributed by atoms with van der Waals surface area (Å²) in [6.07, 6.45) is 0.0322. The number of halogens is 1. The molecule has 0 radical (unpaired) electrons. The van der Waals surface area contributed by atoms with Crippen molar-refractivity contribution in [2.45, 2.75) is 18.0 Å². The molecule has 1 heterocycles. The molecule has 0 spiro atoms. The molecule has 1 unspecified atom stereocenters. The van der Waals surface area contributed by atoms with Crippen LogP contribution in [0.3, 0.4) is 0 Å². The number of hydrogen-bond donors (Lipinski definition) is 0. The molecular formula is C11H12ClNOS2. The number of nitrogens with zero attached hydrogens (tertiary/aromatic N) is 1. The molecule has 1 atom stereocenters. The Hall–Kier alpha value is -0.160. The highest BCUT2D eigenvalue weighted by molar-refractivity contribution is 8.39. The van der Waals surface area contributed by atoms with Crippen molar-refractivity contribution in [3.8, 4) is 0 Å². The van der Waals surface area contributed by atoms with Gasteiger partial charge in [-0.15, -0.1) is 0 Å². The van der Waals surface area contributed by atoms with Crippen molar-refractivity contribution >= 4 is 39.5 Å². The van der Waals surface area contributed by atoms with Gasteiger partial charge in [-0.1, -0.05) is 35.1 Å². The van der Waals surface area contributed by atoms with Crippen LogP contribution in [0.15, 0.2) is 34.2 Å². The summed E-state index contributed by atoms with van der Waals surface area (Å²) >= 11 is 9.24. The molecule has 0 bridgehead atoms. The molecule has 0 aromatic heterocycles. The van der Waals surface area contributed by atoms with Gasteiger partial charge in [0.2, 0.25) is 0 Å². The first-order valence-corrected chi connectivity index (χ1v) is 7.21. The minimum absolute atomic E-state index is 0.0322. The number of benzene rings is 1. The summed E-state index contributed by atoms with van der Waals surface area (Å²) in [7, 11) is 0. The van der Waals surface area contributed by atoms with Gasteiger partial charge in [-0.25, -0.2) is 4.99 Å². The lowest BCUT2D eigenvalue weighted by molar-refractivity contribution is 0.0884. The van der Waals surface area contributed by atoms with Crippen LogP contribution in [0.4, 0.5) is 0 Å². The Bertz CT molecular complexity index is 380. The van der Waals surface area contributed by atoms with Crippen molar-refractivity contribution in [1.29, 1.82) is 0 Å². The molecular weight excluding hydrogens is 262 g/mol. The third kappa shape index (κ3) is 3.42. The SMILES string of the molecule is CCOC1CSC(Sc2ccc(Cl)cc2)=N1. The monoisotopic (exact) mass is 273 g/mol. The topological polar surface area (TPSA) is 21.6 Å². The molecule has 5 heteroatoms. The van der Waals surface area contributed by atoms with E-state index in [0.29, 0.717) is 6.61 Å². The van der Waals surface area contributed by atoms with E-state index < -0.39 is 0 Å². The van der Waals surface area contributed by atoms with Crippen molar-refractivity contribution < 1.29 is 4.74 Å². The van der Waals surface area contributed by atoms with Gasteiger partial charge in [0.15, 0.2) is 6.23 Å². The molecule has 1 aromatic rings. The maximum absolute atomic E-state index is 5.83. The van der Waals surface area contributed by atoms with Gasteiger partial charge in [0.05, 0.1) is 0 Å². The molecule has 2 nitrogen and oxygen atoms in total. The Morgan fingerprint density at radius 2 is 2.25 bits per heavy atom. The summed E-state index contributed by atoms with van der Waals surface area (Å²) < 4.78 is 6.52. The van der Waals surface area contributed by atoms with Gasteiger partial charge in [-0.05, 0) is 31.2 Å². The van der Waals surface area contributed by atoms with E-state index in [0.717, 1.165) is 20.0 Å². The molecule has 0 N–H and O–H groups in total. The maximum Gasteiger partial charge on any atom is 0.159 e. The Balaban J connectivity index is 1.95. The molecule has 1 aliphatic rings. The molecule has 0 fully saturated rings. The second kappa shape index (κ2) is 5.96. The van der Waals surface area contributed by atoms with Crippen LogP contribution in [-0.2, 0) is 4.74 Å². The summed E-state index contributed by atoms with van der Waals surface area (Å²) in [4.78, 5) is 5.64. The fraction of sp³-hybridized carbons (Fsp3) is 0.364. The Kier molecular flexibility index (Phi) is 4.58. The first-order valence-electron chi connectivity index (χ1n) is 5.03. The fourth-order valence-corrected chi connectivity index (χ4v) is 3.42. The normalized spacial score (nSPS) is 19.9. The highest BCUT2D eigenvalue weighted by Crippen LogP contribution is 2.32. The number of ether oxygens (including phenoxy) is 1. The van der Waals surface area contributed by atoms with Crippen molar-refractivity contribution in [1.82, 2.24) is 0 Å². The first-order chi connectivity index (χ1) is 7.78. The van der Waals surface area contributed by atoms with Crippen LogP contribution in [0.5, 0.6) is 0 Å². The highest BCUT2D eigenvalue weighted by atomic mass is 35.5. The van der Waals surface area contributed by atoms with Gasteiger partial charge < -0.3 is 4.74 Å². The Morgan fingerprint density at radius 1 is 1.50 bits per heavy atom. The predicted octanol–water partition coefficient (Wildman–Crippen LogP) is 3.90. The van der Waals surface area contributed by atoms with E-state index in [1.807, 2.05) is 31.2 Å². The van der Waals surface area contributed by atoms with E-state index in [-0.39, 0.29) is 6.23 Å². The van der Waals surface area contributed by atoms with Gasteiger partial charge in [-0.3, -0.25) is 0 Å². The van der Waals surface area contributed by atoms with E-state index in [1.54, 1.807) is 23.5 Å². The quantitative estimate of drug-likeness (QED) is 0.834. The van der Waals surface area contributed by atoms with E-state index >= 15 is 0 Å². The van der Waals surface area contributed by atoms with Crippen LogP contribution in [0, 0.1) is 0 Å². The lowest BCUT2D eigenvalue weighted by atomic mass is 10.4. The second-order valence-corrected chi connectivity index (χ2v) is 5.94. The molecule has 1 aliphatic heterocycles. The standard InChI is InChI=1S/C11H12ClNOS2/c1-2-14-10-7-15-11(13-10)16-9-5-3-8(12)4-6-9/h3-6,10H,2,7H2,1H3. The molecule has 16 heavy (non-hydrogen) atoms. The summed E-state index contributed by atoms with van der Waals surface area (Å²) in [5.74, 6) is 0.920. The van der Waals surface area contributed by atoms with E-state index in [4.69, 9.17) is 16.3 Å². The third-order valence-corrected chi connectivity index (χ3v) is 4.42. The van der Waals surface area contributed by atoms with Crippen LogP contribution < -0.4 is 0 Å². The van der Waals surface area contributed by atoms with Crippen LogP contribution in [-0.4, -0.2) is 23.0 Å². The average Bonchev–Trinajstić information content (AvgIpc) is 2.70. The van der Waals surface area contributed by atoms with Gasteiger partial charge in [0.25, 0.3) is 0 Å². The Labute approximate surface area is 109 Å². The van der Waals surface area contributed by atoms with Crippen LogP contribution in [0.25, 0.3) is 0 Å². The van der Waals surface area contributed by atoms with Crippen molar-refractivity contribution in [3.05, 3.63) is 29.3 Å². The molecule has 86 valence electrons. The van der Waals surface area contributed by atoms with Crippen molar-refractivity contribution in [2.24, 2.45) is 4.99 Å². The number of rotatable bonds is 3. The Morgan fingerprint density at radius 3 is 2.94 bits per heavy atom. The minimum Gasteiger partial charge on any atom is -0.356 e. The molecule has 2 rings (SSSR count). The van der Waals surface area contributed by atoms with Gasteiger partial charge in [0.1, 0.15) is 4.38 Å². The summed E-state index contributed by atoms with van der Waals surface area (Å²) in [5.41, 5.74) is 0. The van der Waals surface area contributed by atoms with Crippen LogP contribution >= 0.6 is 35.1 Å². The van der Waals surface area contributed by atoms with Crippen LogP contribution in [0.1, 0.15) is 6.92 Å². The second-order valence-electron chi connectivity index (χ2n) is 3.17. The molecule has 0 amide bonds. The molecule has 1 aromatic carbocycles. The summed E-state index contributed by atoms with van der Waals surface area (Å²) in [6, 6.07) is 7.79. The van der Waals surface area contributed by atoms with Gasteiger partial charge in [0, 0.05) is 22.3 Å². The van der Waals surface area contributed by atoms with Gasteiger partial charge in [-0.2, -0.15) is 0 Å². The number of thioether (sulfide) groups is 2. The summed E-state index contributed by atoms with van der Waals surface area (Å²) in [5, 5.41) is 0.762. The van der Waals surface area contributed by atoms with Crippen molar-refractivity contribution in [2.75, 3.05) is 12.4 Å². The number of aliphatic imine (C=N–C) groups is 1. The molecule has 0 aliphatic carbocycles. The minimum atomic E-state index is 0.0322. The first kappa shape index (κ1) is 12.3. The predicted molar refractivity (Wildman–Crippen MR) is 72.6 cm³/mol. The van der Waals surface area contributed by atoms with E-state index in [1.165, 1.54) is 0 Å². The molecule has 0 saturated carbocycles. The fourth-order valence-electron chi connectivity index (χ4n) is 1.27. The maximum atomic E-state index is 5.83. The van der Waals surface area contributed by atoms with Crippen molar-refractivity contribution in [3.63, 3.8) is 0 Å². The van der Waals surface area contributed by atoms with Crippen LogP contribution in [0.2, 0.25) is 5.02 Å². The van der Waals surface area contributed by atoms with Gasteiger partial charge >= 0.3 is 0 Å². The summed E-state index contributed by atoms with van der Waals surface area (Å²) in [6.45, 7) is 2.71. The zero-order valence-corrected chi connectivity index (χ0v) is 11.2. The molecule has 0 saturated heterocycles. The highest BCUT2D eigenvalue weighted by Gasteiger charge is 2.18. The zero-order valence-electron chi connectivity index (χ0n) is 8.85. The lowest BCUT2D eigenvalue weighted by Gasteiger charge is -2.03. The lowest BCUT2D eigenvalue weighted by Crippen LogP contribution is -2.08. The average molecular weight is 274 g/mol. The van der Waals surface area contributed by atoms with E-state index in [9.17, 15) is 0 Å². The largest absolute Gasteiger partial charge is 0.356 e. The smallest absolute Gasteiger partial charge is 0.159 e. The zero-order chi connectivity index (χ0) is 11.4. The third-order valence-electron chi connectivity index (χ3n) is 1.98. The number of hydrogen-bond acceptors (Lipinski definition) is 4.